The maximum absolute atomic E-state index is 11.2. The molecule has 0 bridgehead atoms. The average Bonchev–Trinajstić information content (AvgIpc) is 3.12. The molecule has 3 N–H and O–H groups in total. The van der Waals surface area contributed by atoms with Crippen LogP contribution in [0.4, 0.5) is 17.1 Å². The Hall–Kier alpha value is -3.68. The van der Waals surface area contributed by atoms with Gasteiger partial charge in [0.25, 0.3) is 0 Å². The Morgan fingerprint density at radius 2 is 1.97 bits per heavy atom. The fourth-order valence-corrected chi connectivity index (χ4v) is 4.95. The first-order chi connectivity index (χ1) is 16.6. The minimum Gasteiger partial charge on any atom is -0.496 e. The summed E-state index contributed by atoms with van der Waals surface area (Å²) < 4.78 is 7.65. The SMILES string of the molecule is COc1cc2c(cc1CCC(=O)O)N=C(Nc1ccc(C(=O)O)cc1)[N+]2=CC1CCCC(C)(C)C1. The lowest BCUT2D eigenvalue weighted by atomic mass is 9.72. The number of rotatable bonds is 7. The second kappa shape index (κ2) is 9.90. The number of carbonyl (C=O) groups is 2. The molecule has 2 aliphatic rings. The molecule has 8 heteroatoms. The molecule has 1 fully saturated rings. The highest BCUT2D eigenvalue weighted by molar-refractivity contribution is 5.98. The quantitative estimate of drug-likeness (QED) is 0.456. The van der Waals surface area contributed by atoms with Crippen LogP contribution in [-0.2, 0) is 11.2 Å². The lowest BCUT2D eigenvalue weighted by molar-refractivity contribution is -0.298. The third-order valence-electron chi connectivity index (χ3n) is 6.69. The van der Waals surface area contributed by atoms with Gasteiger partial charge in [-0.1, -0.05) is 25.3 Å². The van der Waals surface area contributed by atoms with Crippen LogP contribution in [0.1, 0.15) is 61.9 Å². The topological polar surface area (TPSA) is 111 Å². The molecule has 1 aliphatic heterocycles. The Labute approximate surface area is 205 Å². The molecule has 0 radical (unpaired) electrons. The number of hydrogen-bond acceptors (Lipinski definition) is 5. The molecular weight excluding hydrogens is 446 g/mol. The summed E-state index contributed by atoms with van der Waals surface area (Å²) >= 11 is 0. The Morgan fingerprint density at radius 1 is 1.23 bits per heavy atom. The summed E-state index contributed by atoms with van der Waals surface area (Å²) in [5, 5.41) is 21.7. The lowest BCUT2D eigenvalue weighted by Crippen LogP contribution is -2.29. The fourth-order valence-electron chi connectivity index (χ4n) is 4.95. The largest absolute Gasteiger partial charge is 0.496 e. The summed E-state index contributed by atoms with van der Waals surface area (Å²) in [6, 6.07) is 10.4. The van der Waals surface area contributed by atoms with Crippen LogP contribution in [0.15, 0.2) is 41.4 Å². The van der Waals surface area contributed by atoms with E-state index in [-0.39, 0.29) is 17.4 Å². The first kappa shape index (κ1) is 24.4. The van der Waals surface area contributed by atoms with Crippen LogP contribution in [0.25, 0.3) is 0 Å². The molecule has 8 nitrogen and oxygen atoms in total. The standard InChI is InChI=1S/C27H31N3O5/c1-27(2)12-4-5-17(15-27)16-30-22-14-23(35-3)19(8-11-24(31)32)13-21(22)29-26(30)28-20-9-6-18(7-10-20)25(33)34/h6-7,9-10,13-14,16-17H,4-5,8,11-12,15H2,1-3H3,(H2-,28,29,31,32,33,34)/p+1. The van der Waals surface area contributed by atoms with E-state index in [0.29, 0.717) is 24.0 Å². The Bertz CT molecular complexity index is 1200. The molecule has 0 saturated heterocycles. The number of nitrogens with zero attached hydrogens (tertiary/aromatic N) is 2. The van der Waals surface area contributed by atoms with Gasteiger partial charge in [0.1, 0.15) is 5.75 Å². The van der Waals surface area contributed by atoms with E-state index in [2.05, 4.69) is 30.0 Å². The highest BCUT2D eigenvalue weighted by Crippen LogP contribution is 2.42. The van der Waals surface area contributed by atoms with Crippen molar-refractivity contribution in [2.45, 2.75) is 52.4 Å². The number of aliphatic imine (C=N–C) groups is 1. The molecule has 1 saturated carbocycles. The van der Waals surface area contributed by atoms with Crippen molar-refractivity contribution >= 4 is 41.2 Å². The molecule has 1 aliphatic carbocycles. The van der Waals surface area contributed by atoms with E-state index in [9.17, 15) is 14.7 Å². The number of carboxylic acid groups (broad SMARTS) is 2. The van der Waals surface area contributed by atoms with Crippen molar-refractivity contribution in [1.29, 1.82) is 0 Å². The highest BCUT2D eigenvalue weighted by Gasteiger charge is 2.34. The molecule has 2 aromatic rings. The number of aliphatic carboxylic acids is 1. The number of aryl methyl sites for hydroxylation is 1. The van der Waals surface area contributed by atoms with Gasteiger partial charge in [0, 0.05) is 18.4 Å². The fraction of sp³-hybridized carbons (Fsp3) is 0.407. The summed E-state index contributed by atoms with van der Waals surface area (Å²) in [5.74, 6) is -0.210. The van der Waals surface area contributed by atoms with Gasteiger partial charge in [0.2, 0.25) is 0 Å². The third-order valence-corrected chi connectivity index (χ3v) is 6.69. The van der Waals surface area contributed by atoms with Crippen molar-refractivity contribution in [2.75, 3.05) is 12.4 Å². The third kappa shape index (κ3) is 5.70. The molecule has 0 aromatic heterocycles. The lowest BCUT2D eigenvalue weighted by Gasteiger charge is -2.33. The first-order valence-corrected chi connectivity index (χ1v) is 11.9. The van der Waals surface area contributed by atoms with E-state index < -0.39 is 11.9 Å². The first-order valence-electron chi connectivity index (χ1n) is 11.9. The molecule has 1 unspecified atom stereocenters. The number of carboxylic acids is 2. The van der Waals surface area contributed by atoms with Crippen LogP contribution in [0.2, 0.25) is 0 Å². The molecule has 1 heterocycles. The van der Waals surface area contributed by atoms with Crippen molar-refractivity contribution in [1.82, 2.24) is 0 Å². The van der Waals surface area contributed by atoms with Gasteiger partial charge in [-0.2, -0.15) is 0 Å². The number of guanidine groups is 1. The molecule has 2 aromatic carbocycles. The zero-order chi connectivity index (χ0) is 25.2. The molecule has 35 heavy (non-hydrogen) atoms. The van der Waals surface area contributed by atoms with E-state index in [1.807, 2.05) is 12.1 Å². The van der Waals surface area contributed by atoms with E-state index in [4.69, 9.17) is 14.8 Å². The number of aromatic carboxylic acids is 1. The molecule has 184 valence electrons. The Morgan fingerprint density at radius 3 is 2.60 bits per heavy atom. The number of nitrogens with one attached hydrogen (secondary N) is 1. The summed E-state index contributed by atoms with van der Waals surface area (Å²) in [6.45, 7) is 4.61. The van der Waals surface area contributed by atoms with Gasteiger partial charge < -0.3 is 14.9 Å². The average molecular weight is 479 g/mol. The summed E-state index contributed by atoms with van der Waals surface area (Å²) in [7, 11) is 1.59. The van der Waals surface area contributed by atoms with Gasteiger partial charge in [0.05, 0.1) is 24.6 Å². The molecular formula is C27H32N3O5+. The van der Waals surface area contributed by atoms with Crippen molar-refractivity contribution in [3.8, 4) is 5.75 Å². The van der Waals surface area contributed by atoms with Crippen LogP contribution >= 0.6 is 0 Å². The van der Waals surface area contributed by atoms with Crippen molar-refractivity contribution in [2.24, 2.45) is 16.3 Å². The van der Waals surface area contributed by atoms with E-state index >= 15 is 0 Å². The van der Waals surface area contributed by atoms with Crippen LogP contribution in [0.5, 0.6) is 5.75 Å². The van der Waals surface area contributed by atoms with Gasteiger partial charge in [0.15, 0.2) is 11.4 Å². The second-order valence-corrected chi connectivity index (χ2v) is 10.0. The number of methoxy groups -OCH3 is 1. The number of hydrogen-bond donors (Lipinski definition) is 3. The van der Waals surface area contributed by atoms with Crippen LogP contribution in [-0.4, -0.2) is 46.0 Å². The van der Waals surface area contributed by atoms with Gasteiger partial charge in [-0.25, -0.2) is 14.7 Å². The van der Waals surface area contributed by atoms with E-state index in [1.165, 1.54) is 12.8 Å². The Balaban J connectivity index is 1.72. The number of benzene rings is 2. The van der Waals surface area contributed by atoms with Crippen LogP contribution in [0.3, 0.4) is 0 Å². The minimum absolute atomic E-state index is 0.00684. The normalized spacial score (nSPS) is 19.7. The molecule has 0 spiro atoms. The zero-order valence-electron chi connectivity index (χ0n) is 20.4. The molecule has 1 atom stereocenters. The zero-order valence-corrected chi connectivity index (χ0v) is 20.4. The van der Waals surface area contributed by atoms with Gasteiger partial charge in [-0.05, 0) is 67.0 Å². The summed E-state index contributed by atoms with van der Waals surface area (Å²) in [4.78, 5) is 27.2. The smallest absolute Gasteiger partial charge is 0.402 e. The minimum atomic E-state index is -0.974. The summed E-state index contributed by atoms with van der Waals surface area (Å²) in [5.41, 5.74) is 3.62. The van der Waals surface area contributed by atoms with Gasteiger partial charge in [-0.3, -0.25) is 4.79 Å². The predicted molar refractivity (Wildman–Crippen MR) is 135 cm³/mol. The molecule has 0 amide bonds. The number of ether oxygens (including phenoxy) is 1. The number of fused-ring (bicyclic) bond motifs is 1. The van der Waals surface area contributed by atoms with Crippen molar-refractivity contribution < 1.29 is 29.1 Å². The van der Waals surface area contributed by atoms with Crippen LogP contribution in [0, 0.1) is 11.3 Å². The van der Waals surface area contributed by atoms with E-state index in [1.54, 1.807) is 31.4 Å². The highest BCUT2D eigenvalue weighted by atomic mass is 16.5. The number of anilines is 1. The monoisotopic (exact) mass is 478 g/mol. The van der Waals surface area contributed by atoms with Gasteiger partial charge in [-0.15, -0.1) is 0 Å². The van der Waals surface area contributed by atoms with E-state index in [0.717, 1.165) is 35.5 Å². The van der Waals surface area contributed by atoms with Crippen molar-refractivity contribution in [3.05, 3.63) is 47.5 Å². The maximum Gasteiger partial charge on any atom is 0.402 e. The molecule has 4 rings (SSSR count). The van der Waals surface area contributed by atoms with Crippen LogP contribution < -0.4 is 10.1 Å². The maximum atomic E-state index is 11.2. The predicted octanol–water partition coefficient (Wildman–Crippen LogP) is 5.46. The summed E-state index contributed by atoms with van der Waals surface area (Å²) in [6.07, 6.45) is 7.14. The van der Waals surface area contributed by atoms with Crippen molar-refractivity contribution in [3.63, 3.8) is 0 Å². The Kier molecular flexibility index (Phi) is 6.91. The van der Waals surface area contributed by atoms with Gasteiger partial charge >= 0.3 is 17.9 Å². The second-order valence-electron chi connectivity index (χ2n) is 10.0.